The SMILES string of the molecule is C=CC(=O)N(C)c1ccc(C(=O)Nc2ccc3cn[nH]c3c2)cc1. The van der Waals surface area contributed by atoms with Crippen LogP contribution in [-0.4, -0.2) is 29.1 Å². The van der Waals surface area contributed by atoms with Crippen molar-refractivity contribution < 1.29 is 9.59 Å². The lowest BCUT2D eigenvalue weighted by molar-refractivity contribution is -0.113. The second kappa shape index (κ2) is 6.37. The van der Waals surface area contributed by atoms with Gasteiger partial charge in [-0.25, -0.2) is 0 Å². The summed E-state index contributed by atoms with van der Waals surface area (Å²) in [5.41, 5.74) is 2.73. The molecule has 120 valence electrons. The minimum absolute atomic E-state index is 0.208. The Hall–Kier alpha value is -3.41. The number of hydrogen-bond acceptors (Lipinski definition) is 3. The molecule has 0 aliphatic rings. The molecule has 0 aliphatic heterocycles. The number of H-pyrrole nitrogens is 1. The largest absolute Gasteiger partial charge is 0.322 e. The average Bonchev–Trinajstić information content (AvgIpc) is 3.08. The van der Waals surface area contributed by atoms with E-state index in [-0.39, 0.29) is 11.8 Å². The van der Waals surface area contributed by atoms with E-state index in [2.05, 4.69) is 22.1 Å². The van der Waals surface area contributed by atoms with Gasteiger partial charge in [-0.05, 0) is 48.5 Å². The van der Waals surface area contributed by atoms with Crippen LogP contribution in [0.2, 0.25) is 0 Å². The van der Waals surface area contributed by atoms with Gasteiger partial charge >= 0.3 is 0 Å². The molecule has 6 heteroatoms. The first-order valence-electron chi connectivity index (χ1n) is 7.33. The van der Waals surface area contributed by atoms with Gasteiger partial charge in [0.15, 0.2) is 0 Å². The molecule has 3 rings (SSSR count). The summed E-state index contributed by atoms with van der Waals surface area (Å²) < 4.78 is 0. The number of anilines is 2. The molecular weight excluding hydrogens is 304 g/mol. The summed E-state index contributed by atoms with van der Waals surface area (Å²) in [5.74, 6) is -0.432. The van der Waals surface area contributed by atoms with Gasteiger partial charge in [0.1, 0.15) is 0 Å². The van der Waals surface area contributed by atoms with E-state index in [4.69, 9.17) is 0 Å². The molecule has 0 unspecified atom stereocenters. The molecule has 3 aromatic rings. The number of carbonyl (C=O) groups is 2. The lowest BCUT2D eigenvalue weighted by atomic mass is 10.1. The molecule has 0 atom stereocenters. The molecule has 1 aromatic heterocycles. The van der Waals surface area contributed by atoms with E-state index in [1.165, 1.54) is 11.0 Å². The molecule has 2 aromatic carbocycles. The second-order valence-electron chi connectivity index (χ2n) is 5.27. The summed E-state index contributed by atoms with van der Waals surface area (Å²) >= 11 is 0. The topological polar surface area (TPSA) is 78.1 Å². The molecule has 0 radical (unpaired) electrons. The predicted molar refractivity (Wildman–Crippen MR) is 94.1 cm³/mol. The maximum atomic E-state index is 12.3. The van der Waals surface area contributed by atoms with Crippen LogP contribution in [0.5, 0.6) is 0 Å². The number of likely N-dealkylation sites (N-methyl/N-ethyl adjacent to an activating group) is 1. The quantitative estimate of drug-likeness (QED) is 0.725. The van der Waals surface area contributed by atoms with E-state index in [0.717, 1.165) is 10.9 Å². The number of nitrogens with one attached hydrogen (secondary N) is 2. The first-order valence-corrected chi connectivity index (χ1v) is 7.33. The number of aromatic amines is 1. The van der Waals surface area contributed by atoms with Gasteiger partial charge in [-0.15, -0.1) is 0 Å². The molecule has 0 bridgehead atoms. The van der Waals surface area contributed by atoms with Crippen molar-refractivity contribution >= 4 is 34.1 Å². The Morgan fingerprint density at radius 2 is 1.96 bits per heavy atom. The van der Waals surface area contributed by atoms with Crippen LogP contribution < -0.4 is 10.2 Å². The average molecular weight is 320 g/mol. The van der Waals surface area contributed by atoms with Gasteiger partial charge in [-0.3, -0.25) is 14.7 Å². The Kier molecular flexibility index (Phi) is 4.11. The lowest BCUT2D eigenvalue weighted by Gasteiger charge is -2.15. The summed E-state index contributed by atoms with van der Waals surface area (Å²) in [6.45, 7) is 3.46. The van der Waals surface area contributed by atoms with E-state index in [9.17, 15) is 9.59 Å². The smallest absolute Gasteiger partial charge is 0.255 e. The highest BCUT2D eigenvalue weighted by atomic mass is 16.2. The third-order valence-electron chi connectivity index (χ3n) is 3.72. The molecule has 0 fully saturated rings. The van der Waals surface area contributed by atoms with Crippen LogP contribution in [0.1, 0.15) is 10.4 Å². The van der Waals surface area contributed by atoms with Crippen molar-refractivity contribution in [1.82, 2.24) is 10.2 Å². The van der Waals surface area contributed by atoms with Crippen LogP contribution in [0.4, 0.5) is 11.4 Å². The predicted octanol–water partition coefficient (Wildman–Crippen LogP) is 2.96. The summed E-state index contributed by atoms with van der Waals surface area (Å²) in [4.78, 5) is 25.4. The summed E-state index contributed by atoms with van der Waals surface area (Å²) in [6, 6.07) is 12.3. The standard InChI is InChI=1S/C18H16N4O2/c1-3-17(23)22(2)15-8-5-12(6-9-15)18(24)20-14-7-4-13-11-19-21-16(13)10-14/h3-11H,1H2,2H3,(H,19,21)(H,20,24). The molecule has 0 aliphatic carbocycles. The fourth-order valence-electron chi connectivity index (χ4n) is 2.32. The van der Waals surface area contributed by atoms with E-state index in [1.807, 2.05) is 18.2 Å². The normalized spacial score (nSPS) is 10.4. The highest BCUT2D eigenvalue weighted by Gasteiger charge is 2.10. The van der Waals surface area contributed by atoms with Gasteiger partial charge in [0.2, 0.25) is 5.91 Å². The minimum atomic E-state index is -0.224. The van der Waals surface area contributed by atoms with Crippen molar-refractivity contribution in [2.75, 3.05) is 17.3 Å². The van der Waals surface area contributed by atoms with Gasteiger partial charge in [-0.1, -0.05) is 6.58 Å². The molecule has 24 heavy (non-hydrogen) atoms. The van der Waals surface area contributed by atoms with E-state index in [0.29, 0.717) is 16.9 Å². The Balaban J connectivity index is 1.75. The summed E-state index contributed by atoms with van der Waals surface area (Å²) in [6.07, 6.45) is 2.97. The number of carbonyl (C=O) groups excluding carboxylic acids is 2. The third-order valence-corrected chi connectivity index (χ3v) is 3.72. The summed E-state index contributed by atoms with van der Waals surface area (Å²) in [7, 11) is 1.65. The molecule has 2 amide bonds. The Labute approximate surface area is 138 Å². The van der Waals surface area contributed by atoms with Gasteiger partial charge < -0.3 is 10.2 Å². The van der Waals surface area contributed by atoms with Crippen LogP contribution in [0, 0.1) is 0 Å². The number of benzene rings is 2. The zero-order valence-electron chi connectivity index (χ0n) is 13.1. The highest BCUT2D eigenvalue weighted by molar-refractivity contribution is 6.06. The van der Waals surface area contributed by atoms with Crippen molar-refractivity contribution in [3.05, 3.63) is 66.9 Å². The number of nitrogens with zero attached hydrogens (tertiary/aromatic N) is 2. The number of aromatic nitrogens is 2. The molecule has 6 nitrogen and oxygen atoms in total. The van der Waals surface area contributed by atoms with Crippen LogP contribution in [0.25, 0.3) is 10.9 Å². The van der Waals surface area contributed by atoms with Crippen molar-refractivity contribution in [3.63, 3.8) is 0 Å². The van der Waals surface area contributed by atoms with Gasteiger partial charge in [0, 0.05) is 29.4 Å². The summed E-state index contributed by atoms with van der Waals surface area (Å²) in [5, 5.41) is 10.6. The maximum absolute atomic E-state index is 12.3. The molecule has 0 saturated carbocycles. The fourth-order valence-corrected chi connectivity index (χ4v) is 2.32. The number of rotatable bonds is 4. The fraction of sp³-hybridized carbons (Fsp3) is 0.0556. The molecule has 1 heterocycles. The van der Waals surface area contributed by atoms with Crippen LogP contribution in [-0.2, 0) is 4.79 Å². The molecule has 0 spiro atoms. The van der Waals surface area contributed by atoms with Gasteiger partial charge in [0.25, 0.3) is 5.91 Å². The maximum Gasteiger partial charge on any atom is 0.255 e. The number of hydrogen-bond donors (Lipinski definition) is 2. The number of fused-ring (bicyclic) bond motifs is 1. The van der Waals surface area contributed by atoms with Crippen LogP contribution in [0.3, 0.4) is 0 Å². The van der Waals surface area contributed by atoms with Gasteiger partial charge in [0.05, 0.1) is 11.7 Å². The zero-order valence-corrected chi connectivity index (χ0v) is 13.1. The Morgan fingerprint density at radius 1 is 1.21 bits per heavy atom. The molecule has 0 saturated heterocycles. The van der Waals surface area contributed by atoms with E-state index < -0.39 is 0 Å². The van der Waals surface area contributed by atoms with E-state index >= 15 is 0 Å². The van der Waals surface area contributed by atoms with Crippen molar-refractivity contribution in [2.24, 2.45) is 0 Å². The number of amides is 2. The van der Waals surface area contributed by atoms with Crippen LogP contribution in [0.15, 0.2) is 61.3 Å². The monoisotopic (exact) mass is 320 g/mol. The Morgan fingerprint density at radius 3 is 2.67 bits per heavy atom. The first kappa shape index (κ1) is 15.5. The van der Waals surface area contributed by atoms with Crippen molar-refractivity contribution in [2.45, 2.75) is 0 Å². The van der Waals surface area contributed by atoms with Crippen molar-refractivity contribution in [3.8, 4) is 0 Å². The van der Waals surface area contributed by atoms with Gasteiger partial charge in [-0.2, -0.15) is 5.10 Å². The molecule has 2 N–H and O–H groups in total. The molecular formula is C18H16N4O2. The second-order valence-corrected chi connectivity index (χ2v) is 5.27. The van der Waals surface area contributed by atoms with E-state index in [1.54, 1.807) is 37.5 Å². The highest BCUT2D eigenvalue weighted by Crippen LogP contribution is 2.18. The lowest BCUT2D eigenvalue weighted by Crippen LogP contribution is -2.23. The van der Waals surface area contributed by atoms with Crippen molar-refractivity contribution in [1.29, 1.82) is 0 Å². The third kappa shape index (κ3) is 3.03. The zero-order chi connectivity index (χ0) is 17.1. The Bertz CT molecular complexity index is 912. The minimum Gasteiger partial charge on any atom is -0.322 e. The van der Waals surface area contributed by atoms with Crippen LogP contribution >= 0.6 is 0 Å². The first-order chi connectivity index (χ1) is 11.6.